The fourth-order valence-corrected chi connectivity index (χ4v) is 8.41. The largest absolute Gasteiger partial charge is 0.507 e. The second-order valence-corrected chi connectivity index (χ2v) is 12.1. The van der Waals surface area contributed by atoms with Gasteiger partial charge in [-0.2, -0.15) is 0 Å². The number of carbonyl (C=O) groups excluding carboxylic acids is 1. The molecular weight excluding hydrogens is 416 g/mol. The van der Waals surface area contributed by atoms with Crippen LogP contribution in [0.1, 0.15) is 84.5 Å². The number of hydrogen-bond donors (Lipinski definition) is 1. The summed E-state index contributed by atoms with van der Waals surface area (Å²) in [6.07, 6.45) is 6.50. The molecule has 0 aromatic carbocycles. The van der Waals surface area contributed by atoms with E-state index in [1.807, 2.05) is 0 Å². The minimum atomic E-state index is -0.436. The van der Waals surface area contributed by atoms with Crippen molar-refractivity contribution in [2.75, 3.05) is 0 Å². The molecule has 3 saturated carbocycles. The third-order valence-corrected chi connectivity index (χ3v) is 9.94. The lowest BCUT2D eigenvalue weighted by Crippen LogP contribution is -2.61. The van der Waals surface area contributed by atoms with Gasteiger partial charge in [0.2, 0.25) is 0 Å². The zero-order chi connectivity index (χ0) is 24.3. The van der Waals surface area contributed by atoms with Gasteiger partial charge in [-0.25, -0.2) is 4.79 Å². The summed E-state index contributed by atoms with van der Waals surface area (Å²) in [6.45, 7) is 17.0. The maximum atomic E-state index is 12.6. The molecule has 182 valence electrons. The topological polar surface area (TPSA) is 76.7 Å². The minimum Gasteiger partial charge on any atom is -0.507 e. The van der Waals surface area contributed by atoms with Gasteiger partial charge in [-0.3, -0.25) is 4.79 Å². The van der Waals surface area contributed by atoms with Gasteiger partial charge >= 0.3 is 11.6 Å². The van der Waals surface area contributed by atoms with E-state index >= 15 is 0 Å². The van der Waals surface area contributed by atoms with Crippen LogP contribution in [0, 0.1) is 40.9 Å². The normalized spacial score (nSPS) is 37.7. The molecule has 1 aromatic heterocycles. The van der Waals surface area contributed by atoms with Crippen molar-refractivity contribution in [1.82, 2.24) is 0 Å². The summed E-state index contributed by atoms with van der Waals surface area (Å²) < 4.78 is 11.1. The van der Waals surface area contributed by atoms with Gasteiger partial charge in [0, 0.05) is 18.4 Å². The molecule has 33 heavy (non-hydrogen) atoms. The number of aryl methyl sites for hydroxylation is 1. The van der Waals surface area contributed by atoms with Crippen molar-refractivity contribution in [1.29, 1.82) is 0 Å². The number of hydrogen-bond acceptors (Lipinski definition) is 5. The Kier molecular flexibility index (Phi) is 5.86. The highest BCUT2D eigenvalue weighted by atomic mass is 16.5. The Morgan fingerprint density at radius 3 is 2.45 bits per heavy atom. The monoisotopic (exact) mass is 456 g/mol. The zero-order valence-electron chi connectivity index (χ0n) is 21.1. The molecule has 0 radical (unpaired) electrons. The molecule has 5 heteroatoms. The molecular formula is C28H40O5. The molecule has 1 aromatic rings. The van der Waals surface area contributed by atoms with Crippen LogP contribution in [-0.2, 0) is 16.0 Å². The molecule has 1 N–H and O–H groups in total. The summed E-state index contributed by atoms with van der Waals surface area (Å²) in [5, 5.41) is 10.5. The van der Waals surface area contributed by atoms with Crippen molar-refractivity contribution < 1.29 is 19.1 Å². The predicted octanol–water partition coefficient (Wildman–Crippen LogP) is 5.95. The van der Waals surface area contributed by atoms with Crippen LogP contribution in [0.5, 0.6) is 5.75 Å². The van der Waals surface area contributed by atoms with E-state index in [1.165, 1.54) is 12.5 Å². The number of aromatic hydroxyl groups is 1. The minimum absolute atomic E-state index is 0.00526. The average Bonchev–Trinajstić information content (AvgIpc) is 2.68. The van der Waals surface area contributed by atoms with E-state index in [2.05, 4.69) is 34.3 Å². The lowest BCUT2D eigenvalue weighted by atomic mass is 9.38. The molecule has 0 unspecified atom stereocenters. The van der Waals surface area contributed by atoms with Crippen molar-refractivity contribution in [2.24, 2.45) is 34.0 Å². The van der Waals surface area contributed by atoms with Crippen LogP contribution in [0.4, 0.5) is 0 Å². The van der Waals surface area contributed by atoms with Crippen LogP contribution >= 0.6 is 0 Å². The van der Waals surface area contributed by atoms with E-state index in [-0.39, 0.29) is 40.0 Å². The Labute approximate surface area is 197 Å². The van der Waals surface area contributed by atoms with Crippen molar-refractivity contribution in [3.63, 3.8) is 0 Å². The van der Waals surface area contributed by atoms with Crippen LogP contribution in [-0.4, -0.2) is 17.2 Å². The molecule has 4 rings (SSSR count). The Bertz CT molecular complexity index is 1020. The zero-order valence-corrected chi connectivity index (χ0v) is 21.1. The number of carbonyl (C=O) groups is 1. The number of esters is 1. The Hall–Kier alpha value is -2.04. The molecule has 0 aliphatic heterocycles. The molecule has 0 saturated heterocycles. The van der Waals surface area contributed by atoms with Crippen LogP contribution in [0.3, 0.4) is 0 Å². The van der Waals surface area contributed by atoms with Gasteiger partial charge < -0.3 is 14.3 Å². The van der Waals surface area contributed by atoms with Crippen LogP contribution in [0.15, 0.2) is 27.4 Å². The molecule has 6 atom stereocenters. The maximum absolute atomic E-state index is 12.6. The fraction of sp³-hybridized carbons (Fsp3) is 0.714. The van der Waals surface area contributed by atoms with E-state index in [4.69, 9.17) is 9.15 Å². The standard InChI is InChI=1S/C28H40O5/c1-16-8-9-23-27(6,20(16)15-19-21(30)14-17(2)32-25(19)31)12-10-22-26(4,5)24(33-18(3)29)11-13-28(22,23)7/h14,20,22-24,30H,1,8-13,15H2,2-7H3/t20-,22+,23-,24+,27+,28+/m0/s1. The highest BCUT2D eigenvalue weighted by molar-refractivity contribution is 5.66. The van der Waals surface area contributed by atoms with Crippen molar-refractivity contribution in [2.45, 2.75) is 92.6 Å². The van der Waals surface area contributed by atoms with E-state index in [0.717, 1.165) is 38.5 Å². The first kappa shape index (κ1) is 24.1. The summed E-state index contributed by atoms with van der Waals surface area (Å²) >= 11 is 0. The first-order valence-corrected chi connectivity index (χ1v) is 12.5. The number of fused-ring (bicyclic) bond motifs is 3. The number of allylic oxidation sites excluding steroid dienone is 1. The van der Waals surface area contributed by atoms with Gasteiger partial charge in [-0.15, -0.1) is 0 Å². The van der Waals surface area contributed by atoms with Crippen molar-refractivity contribution in [3.8, 4) is 5.75 Å². The second kappa shape index (κ2) is 8.02. The molecule has 5 nitrogen and oxygen atoms in total. The highest BCUT2D eigenvalue weighted by Gasteiger charge is 2.63. The van der Waals surface area contributed by atoms with Gasteiger partial charge in [-0.05, 0) is 80.5 Å². The van der Waals surface area contributed by atoms with Gasteiger partial charge in [0.1, 0.15) is 17.6 Å². The first-order valence-electron chi connectivity index (χ1n) is 12.5. The quantitative estimate of drug-likeness (QED) is 0.449. The van der Waals surface area contributed by atoms with Crippen LogP contribution in [0.25, 0.3) is 0 Å². The molecule has 0 bridgehead atoms. The third kappa shape index (κ3) is 3.76. The second-order valence-electron chi connectivity index (χ2n) is 12.1. The summed E-state index contributed by atoms with van der Waals surface area (Å²) in [5.74, 6) is 1.34. The van der Waals surface area contributed by atoms with E-state index in [0.29, 0.717) is 29.6 Å². The smallest absolute Gasteiger partial charge is 0.342 e. The van der Waals surface area contributed by atoms with Crippen molar-refractivity contribution >= 4 is 5.97 Å². The summed E-state index contributed by atoms with van der Waals surface area (Å²) in [5.41, 5.74) is 1.16. The van der Waals surface area contributed by atoms with Gasteiger partial charge in [0.05, 0.1) is 5.56 Å². The lowest BCUT2D eigenvalue weighted by molar-refractivity contribution is -0.200. The van der Waals surface area contributed by atoms with E-state index < -0.39 is 5.63 Å². The van der Waals surface area contributed by atoms with E-state index in [1.54, 1.807) is 13.0 Å². The molecule has 0 spiro atoms. The summed E-state index contributed by atoms with van der Waals surface area (Å²) in [7, 11) is 0. The van der Waals surface area contributed by atoms with E-state index in [9.17, 15) is 14.7 Å². The predicted molar refractivity (Wildman–Crippen MR) is 128 cm³/mol. The average molecular weight is 457 g/mol. The van der Waals surface area contributed by atoms with Gasteiger partial charge in [0.25, 0.3) is 0 Å². The lowest BCUT2D eigenvalue weighted by Gasteiger charge is -2.66. The van der Waals surface area contributed by atoms with Gasteiger partial charge in [0.15, 0.2) is 0 Å². The Balaban J connectivity index is 1.69. The van der Waals surface area contributed by atoms with Crippen LogP contribution in [0.2, 0.25) is 0 Å². The SMILES string of the molecule is C=C1CC[C@@H]2[C@]3(C)CC[C@@H](OC(C)=O)C(C)(C)[C@H]3CC[C@]2(C)[C@H]1Cc1c(O)cc(C)oc1=O. The van der Waals surface area contributed by atoms with Crippen molar-refractivity contribution in [3.05, 3.63) is 40.0 Å². The molecule has 1 heterocycles. The summed E-state index contributed by atoms with van der Waals surface area (Å²) in [6, 6.07) is 1.54. The number of rotatable bonds is 3. The molecule has 3 aliphatic rings. The number of ether oxygens (including phenoxy) is 1. The molecule has 3 fully saturated rings. The molecule has 3 aliphatic carbocycles. The third-order valence-electron chi connectivity index (χ3n) is 9.94. The Morgan fingerprint density at radius 1 is 1.15 bits per heavy atom. The Morgan fingerprint density at radius 2 is 1.82 bits per heavy atom. The highest BCUT2D eigenvalue weighted by Crippen LogP contribution is 2.69. The fourth-order valence-electron chi connectivity index (χ4n) is 8.41. The van der Waals surface area contributed by atoms with Gasteiger partial charge in [-0.1, -0.05) is 39.8 Å². The maximum Gasteiger partial charge on any atom is 0.342 e. The first-order chi connectivity index (χ1) is 15.3. The summed E-state index contributed by atoms with van der Waals surface area (Å²) in [4.78, 5) is 24.4. The van der Waals surface area contributed by atoms with Crippen LogP contribution < -0.4 is 5.63 Å². The molecule has 0 amide bonds.